The summed E-state index contributed by atoms with van der Waals surface area (Å²) in [5.74, 6) is -1.88. The first-order chi connectivity index (χ1) is 18.3. The number of anilines is 1. The van der Waals surface area contributed by atoms with Crippen LogP contribution in [-0.2, 0) is 19.1 Å². The van der Waals surface area contributed by atoms with E-state index in [1.54, 1.807) is 54.6 Å². The van der Waals surface area contributed by atoms with Gasteiger partial charge in [-0.15, -0.1) is 0 Å². The molecule has 0 fully saturated rings. The Morgan fingerprint density at radius 3 is 2.03 bits per heavy atom. The van der Waals surface area contributed by atoms with Crippen molar-refractivity contribution < 1.29 is 38.2 Å². The second-order valence-corrected chi connectivity index (χ2v) is 8.22. The molecule has 0 heterocycles. The first-order valence-electron chi connectivity index (χ1n) is 11.8. The zero-order valence-corrected chi connectivity index (χ0v) is 21.0. The van der Waals surface area contributed by atoms with Crippen LogP contribution in [0.15, 0.2) is 78.9 Å². The van der Waals surface area contributed by atoms with Crippen LogP contribution >= 0.6 is 0 Å². The lowest BCUT2D eigenvalue weighted by Crippen LogP contribution is -2.24. The van der Waals surface area contributed by atoms with Crippen LogP contribution in [0.2, 0.25) is 0 Å². The fraction of sp³-hybridized carbons (Fsp3) is 0.207. The van der Waals surface area contributed by atoms with E-state index in [2.05, 4.69) is 5.32 Å². The molecule has 0 aliphatic carbocycles. The third-order valence-electron chi connectivity index (χ3n) is 5.45. The van der Waals surface area contributed by atoms with E-state index < -0.39 is 30.6 Å². The van der Waals surface area contributed by atoms with Crippen LogP contribution < -0.4 is 10.1 Å². The van der Waals surface area contributed by atoms with Crippen molar-refractivity contribution in [2.45, 2.75) is 25.9 Å². The molecule has 0 spiro atoms. The predicted molar refractivity (Wildman–Crippen MR) is 138 cm³/mol. The highest BCUT2D eigenvalue weighted by Crippen LogP contribution is 2.16. The number of Topliss-reactive ketones (excluding diaryl/α,β-unsaturated/α-hetero) is 2. The van der Waals surface area contributed by atoms with E-state index in [-0.39, 0.29) is 30.0 Å². The fourth-order valence-corrected chi connectivity index (χ4v) is 3.33. The first-order valence-corrected chi connectivity index (χ1v) is 11.8. The highest BCUT2D eigenvalue weighted by atomic mass is 16.5. The topological polar surface area (TPSA) is 125 Å². The molecular weight excluding hydrogens is 490 g/mol. The third-order valence-corrected chi connectivity index (χ3v) is 5.45. The molecule has 3 rings (SSSR count). The van der Waals surface area contributed by atoms with Gasteiger partial charge >= 0.3 is 11.9 Å². The summed E-state index contributed by atoms with van der Waals surface area (Å²) >= 11 is 0. The minimum absolute atomic E-state index is 0.146. The van der Waals surface area contributed by atoms with Crippen molar-refractivity contribution in [2.75, 3.05) is 19.0 Å². The van der Waals surface area contributed by atoms with E-state index in [1.165, 1.54) is 38.3 Å². The van der Waals surface area contributed by atoms with E-state index in [4.69, 9.17) is 14.2 Å². The molecular formula is C29H27NO8. The molecule has 0 unspecified atom stereocenters. The maximum atomic E-state index is 12.5. The number of nitrogens with one attached hydrogen (secondary N) is 1. The number of ether oxygens (including phenoxy) is 3. The number of hydrogen-bond donors (Lipinski definition) is 1. The third kappa shape index (κ3) is 8.12. The molecule has 1 amide bonds. The molecule has 38 heavy (non-hydrogen) atoms. The summed E-state index contributed by atoms with van der Waals surface area (Å²) in [5, 5.41) is 2.61. The number of methoxy groups -OCH3 is 1. The average molecular weight is 518 g/mol. The fourth-order valence-electron chi connectivity index (χ4n) is 3.33. The normalized spacial score (nSPS) is 11.1. The van der Waals surface area contributed by atoms with E-state index >= 15 is 0 Å². The zero-order valence-electron chi connectivity index (χ0n) is 21.0. The second-order valence-electron chi connectivity index (χ2n) is 8.22. The van der Waals surface area contributed by atoms with Crippen LogP contribution in [0.1, 0.15) is 50.8 Å². The van der Waals surface area contributed by atoms with Crippen LogP contribution in [0, 0.1) is 0 Å². The zero-order chi connectivity index (χ0) is 27.5. The van der Waals surface area contributed by atoms with Crippen molar-refractivity contribution in [3.63, 3.8) is 0 Å². The molecule has 1 atom stereocenters. The standard InChI is InChI=1S/C29H27NO8/c1-19(28(34)21-10-14-24(36-2)15-11-21)38-29(35)22-8-12-23(13-9-22)30-26(32)16-17-27(33)37-18-25(31)20-6-4-3-5-7-20/h3-15,19H,16-18H2,1-2H3,(H,30,32)/t19-/m1/s1. The van der Waals surface area contributed by atoms with Gasteiger partial charge in [0.25, 0.3) is 0 Å². The Balaban J connectivity index is 1.42. The second kappa shape index (κ2) is 13.5. The Hall–Kier alpha value is -4.79. The molecule has 0 aliphatic heterocycles. The Labute approximate surface area is 219 Å². The Kier molecular flexibility index (Phi) is 9.87. The summed E-state index contributed by atoms with van der Waals surface area (Å²) in [5.41, 5.74) is 1.42. The summed E-state index contributed by atoms with van der Waals surface area (Å²) in [4.78, 5) is 61.0. The minimum Gasteiger partial charge on any atom is -0.497 e. The summed E-state index contributed by atoms with van der Waals surface area (Å²) < 4.78 is 15.3. The maximum Gasteiger partial charge on any atom is 0.338 e. The van der Waals surface area contributed by atoms with Crippen molar-refractivity contribution in [3.05, 3.63) is 95.6 Å². The Morgan fingerprint density at radius 2 is 1.39 bits per heavy atom. The van der Waals surface area contributed by atoms with Crippen LogP contribution in [0.25, 0.3) is 0 Å². The summed E-state index contributed by atoms with van der Waals surface area (Å²) in [6.07, 6.45) is -1.34. The number of esters is 2. The number of carbonyl (C=O) groups excluding carboxylic acids is 5. The van der Waals surface area contributed by atoms with Gasteiger partial charge in [0.05, 0.1) is 19.1 Å². The average Bonchev–Trinajstić information content (AvgIpc) is 2.95. The molecule has 9 heteroatoms. The summed E-state index contributed by atoms with van der Waals surface area (Å²) in [7, 11) is 1.52. The van der Waals surface area contributed by atoms with Crippen molar-refractivity contribution in [2.24, 2.45) is 0 Å². The molecule has 1 N–H and O–H groups in total. The van der Waals surface area contributed by atoms with Gasteiger partial charge in [-0.25, -0.2) is 4.79 Å². The molecule has 3 aromatic rings. The molecule has 0 aliphatic rings. The van der Waals surface area contributed by atoms with Gasteiger partial charge in [0, 0.05) is 23.2 Å². The molecule has 0 saturated heterocycles. The van der Waals surface area contributed by atoms with Crippen LogP contribution in [0.4, 0.5) is 5.69 Å². The van der Waals surface area contributed by atoms with Crippen molar-refractivity contribution in [1.29, 1.82) is 0 Å². The number of hydrogen-bond acceptors (Lipinski definition) is 8. The molecule has 0 bridgehead atoms. The summed E-state index contributed by atoms with van der Waals surface area (Å²) in [6.45, 7) is 1.09. The molecule has 9 nitrogen and oxygen atoms in total. The number of ketones is 2. The maximum absolute atomic E-state index is 12.5. The van der Waals surface area contributed by atoms with Crippen molar-refractivity contribution in [1.82, 2.24) is 0 Å². The minimum atomic E-state index is -1.00. The Morgan fingerprint density at radius 1 is 0.763 bits per heavy atom. The van der Waals surface area contributed by atoms with Gasteiger partial charge in [-0.3, -0.25) is 19.2 Å². The van der Waals surface area contributed by atoms with E-state index in [0.717, 1.165) is 0 Å². The van der Waals surface area contributed by atoms with Gasteiger partial charge in [0.15, 0.2) is 18.5 Å². The van der Waals surface area contributed by atoms with Gasteiger partial charge < -0.3 is 19.5 Å². The molecule has 0 aromatic heterocycles. The van der Waals surface area contributed by atoms with Gasteiger partial charge in [-0.2, -0.15) is 0 Å². The van der Waals surface area contributed by atoms with Gasteiger partial charge in [-0.1, -0.05) is 30.3 Å². The van der Waals surface area contributed by atoms with Gasteiger partial charge in [0.2, 0.25) is 11.7 Å². The van der Waals surface area contributed by atoms with Crippen LogP contribution in [-0.4, -0.2) is 49.2 Å². The molecule has 0 saturated carbocycles. The molecule has 3 aromatic carbocycles. The summed E-state index contributed by atoms with van der Waals surface area (Å²) in [6, 6.07) is 20.8. The lowest BCUT2D eigenvalue weighted by molar-refractivity contribution is -0.143. The number of rotatable bonds is 12. The van der Waals surface area contributed by atoms with E-state index in [0.29, 0.717) is 22.6 Å². The smallest absolute Gasteiger partial charge is 0.338 e. The largest absolute Gasteiger partial charge is 0.497 e. The van der Waals surface area contributed by atoms with E-state index in [9.17, 15) is 24.0 Å². The number of benzene rings is 3. The van der Waals surface area contributed by atoms with Crippen LogP contribution in [0.5, 0.6) is 5.75 Å². The van der Waals surface area contributed by atoms with Crippen molar-refractivity contribution in [3.8, 4) is 5.75 Å². The van der Waals surface area contributed by atoms with Crippen molar-refractivity contribution >= 4 is 35.1 Å². The number of amides is 1. The van der Waals surface area contributed by atoms with Crippen LogP contribution in [0.3, 0.4) is 0 Å². The lowest BCUT2D eigenvalue weighted by Gasteiger charge is -2.13. The first kappa shape index (κ1) is 27.8. The highest BCUT2D eigenvalue weighted by molar-refractivity contribution is 6.01. The van der Waals surface area contributed by atoms with Gasteiger partial charge in [0.1, 0.15) is 5.75 Å². The number of carbonyl (C=O) groups is 5. The van der Waals surface area contributed by atoms with E-state index in [1.807, 2.05) is 0 Å². The Bertz CT molecular complexity index is 1280. The predicted octanol–water partition coefficient (Wildman–Crippen LogP) is 4.27. The monoisotopic (exact) mass is 517 g/mol. The lowest BCUT2D eigenvalue weighted by atomic mass is 10.1. The quantitative estimate of drug-likeness (QED) is 0.279. The molecule has 196 valence electrons. The van der Waals surface area contributed by atoms with Gasteiger partial charge in [-0.05, 0) is 55.5 Å². The SMILES string of the molecule is COc1ccc(C(=O)[C@@H](C)OC(=O)c2ccc(NC(=O)CCC(=O)OCC(=O)c3ccccc3)cc2)cc1. The highest BCUT2D eigenvalue weighted by Gasteiger charge is 2.20. The molecule has 0 radical (unpaired) electrons.